The Morgan fingerprint density at radius 3 is 2.48 bits per heavy atom. The lowest BCUT2D eigenvalue weighted by Crippen LogP contribution is -2.47. The van der Waals surface area contributed by atoms with Crippen LogP contribution in [0.25, 0.3) is 0 Å². The maximum Gasteiger partial charge on any atom is 0.237 e. The summed E-state index contributed by atoms with van der Waals surface area (Å²) in [5.41, 5.74) is 1.20. The van der Waals surface area contributed by atoms with Crippen molar-refractivity contribution in [3.63, 3.8) is 0 Å². The summed E-state index contributed by atoms with van der Waals surface area (Å²) in [6.07, 6.45) is 3.87. The second-order valence-corrected chi connectivity index (χ2v) is 7.09. The van der Waals surface area contributed by atoms with Gasteiger partial charge in [-0.1, -0.05) is 30.3 Å². The van der Waals surface area contributed by atoms with Crippen LogP contribution in [0.2, 0.25) is 0 Å². The lowest BCUT2D eigenvalue weighted by atomic mass is 10.1. The molecular weight excluding hydrogens is 288 g/mol. The van der Waals surface area contributed by atoms with E-state index in [9.17, 15) is 9.90 Å². The zero-order valence-corrected chi connectivity index (χ0v) is 14.0. The minimum absolute atomic E-state index is 0.188. The van der Waals surface area contributed by atoms with Crippen molar-refractivity contribution < 1.29 is 9.90 Å². The molecule has 0 bridgehead atoms. The standard InChI is InChI=1S/C19H28N2O2/c1-15(17-7-8-17)21(13-16-5-3-2-4-6-16)19(23)14-20-11-9-18(22)10-12-20/h2-6,15,17-18,22H,7-14H2,1H3. The van der Waals surface area contributed by atoms with Crippen LogP contribution < -0.4 is 0 Å². The third-order valence-electron chi connectivity index (χ3n) is 5.23. The fourth-order valence-electron chi connectivity index (χ4n) is 3.43. The maximum absolute atomic E-state index is 12.9. The smallest absolute Gasteiger partial charge is 0.237 e. The molecule has 1 heterocycles. The van der Waals surface area contributed by atoms with Gasteiger partial charge in [-0.2, -0.15) is 0 Å². The minimum atomic E-state index is -0.188. The van der Waals surface area contributed by atoms with Gasteiger partial charge in [-0.3, -0.25) is 9.69 Å². The Morgan fingerprint density at radius 1 is 1.22 bits per heavy atom. The molecule has 1 atom stereocenters. The first kappa shape index (κ1) is 16.5. The van der Waals surface area contributed by atoms with Gasteiger partial charge in [0.25, 0.3) is 0 Å². The third-order valence-corrected chi connectivity index (χ3v) is 5.23. The van der Waals surface area contributed by atoms with Gasteiger partial charge < -0.3 is 10.0 Å². The molecule has 1 saturated carbocycles. The molecule has 1 aliphatic heterocycles. The van der Waals surface area contributed by atoms with E-state index in [1.165, 1.54) is 18.4 Å². The van der Waals surface area contributed by atoms with Crippen LogP contribution in [0.4, 0.5) is 0 Å². The molecule has 0 spiro atoms. The number of rotatable bonds is 6. The zero-order chi connectivity index (χ0) is 16.2. The van der Waals surface area contributed by atoms with Gasteiger partial charge in [0.05, 0.1) is 12.6 Å². The lowest BCUT2D eigenvalue weighted by molar-refractivity contribution is -0.136. The van der Waals surface area contributed by atoms with Crippen LogP contribution in [0.15, 0.2) is 30.3 Å². The first-order valence-electron chi connectivity index (χ1n) is 8.87. The monoisotopic (exact) mass is 316 g/mol. The van der Waals surface area contributed by atoms with Crippen molar-refractivity contribution in [2.24, 2.45) is 5.92 Å². The summed E-state index contributed by atoms with van der Waals surface area (Å²) in [6.45, 7) is 5.02. The summed E-state index contributed by atoms with van der Waals surface area (Å²) in [4.78, 5) is 17.1. The van der Waals surface area contributed by atoms with E-state index in [1.54, 1.807) is 0 Å². The van der Waals surface area contributed by atoms with Crippen LogP contribution >= 0.6 is 0 Å². The second kappa shape index (κ2) is 7.45. The van der Waals surface area contributed by atoms with Gasteiger partial charge in [0.2, 0.25) is 5.91 Å². The molecule has 3 rings (SSSR count). The predicted molar refractivity (Wildman–Crippen MR) is 90.9 cm³/mol. The Labute approximate surface area is 139 Å². The van der Waals surface area contributed by atoms with Gasteiger partial charge in [0, 0.05) is 25.7 Å². The number of carbonyl (C=O) groups is 1. The Bertz CT molecular complexity index is 507. The molecule has 2 fully saturated rings. The van der Waals surface area contributed by atoms with Crippen LogP contribution in [-0.2, 0) is 11.3 Å². The first-order valence-corrected chi connectivity index (χ1v) is 8.87. The molecule has 2 aliphatic rings. The average Bonchev–Trinajstić information content (AvgIpc) is 3.40. The maximum atomic E-state index is 12.9. The Kier molecular flexibility index (Phi) is 5.34. The van der Waals surface area contributed by atoms with E-state index in [2.05, 4.69) is 28.9 Å². The topological polar surface area (TPSA) is 43.8 Å². The fraction of sp³-hybridized carbons (Fsp3) is 0.632. The van der Waals surface area contributed by atoms with Crippen molar-refractivity contribution in [3.05, 3.63) is 35.9 Å². The van der Waals surface area contributed by atoms with Crippen molar-refractivity contribution in [2.45, 2.75) is 51.3 Å². The van der Waals surface area contributed by atoms with Crippen molar-refractivity contribution >= 4 is 5.91 Å². The molecule has 4 heteroatoms. The van der Waals surface area contributed by atoms with Gasteiger partial charge in [-0.05, 0) is 44.1 Å². The Hall–Kier alpha value is -1.39. The Balaban J connectivity index is 1.63. The molecule has 1 N–H and O–H groups in total. The van der Waals surface area contributed by atoms with Crippen molar-refractivity contribution in [1.29, 1.82) is 0 Å². The minimum Gasteiger partial charge on any atom is -0.393 e. The molecule has 1 amide bonds. The number of likely N-dealkylation sites (tertiary alicyclic amines) is 1. The van der Waals surface area contributed by atoms with E-state index in [0.29, 0.717) is 25.0 Å². The van der Waals surface area contributed by atoms with Gasteiger partial charge >= 0.3 is 0 Å². The van der Waals surface area contributed by atoms with Crippen LogP contribution in [-0.4, -0.2) is 52.6 Å². The molecule has 1 unspecified atom stereocenters. The van der Waals surface area contributed by atoms with Crippen molar-refractivity contribution in [1.82, 2.24) is 9.80 Å². The van der Waals surface area contributed by atoms with E-state index >= 15 is 0 Å². The number of aliphatic hydroxyl groups excluding tert-OH is 1. The van der Waals surface area contributed by atoms with Crippen molar-refractivity contribution in [3.8, 4) is 0 Å². The highest BCUT2D eigenvalue weighted by atomic mass is 16.3. The van der Waals surface area contributed by atoms with Gasteiger partial charge in [-0.25, -0.2) is 0 Å². The SMILES string of the molecule is CC(C1CC1)N(Cc1ccccc1)C(=O)CN1CCC(O)CC1. The summed E-state index contributed by atoms with van der Waals surface area (Å²) >= 11 is 0. The molecule has 1 aromatic rings. The number of carbonyl (C=O) groups excluding carboxylic acids is 1. The summed E-state index contributed by atoms with van der Waals surface area (Å²) in [7, 11) is 0. The third kappa shape index (κ3) is 4.55. The highest BCUT2D eigenvalue weighted by Gasteiger charge is 2.34. The summed E-state index contributed by atoms with van der Waals surface area (Å²) < 4.78 is 0. The summed E-state index contributed by atoms with van der Waals surface area (Å²) in [5, 5.41) is 9.61. The average molecular weight is 316 g/mol. The second-order valence-electron chi connectivity index (χ2n) is 7.09. The highest BCUT2D eigenvalue weighted by molar-refractivity contribution is 5.78. The van der Waals surface area contributed by atoms with E-state index in [1.807, 2.05) is 18.2 Å². The largest absolute Gasteiger partial charge is 0.393 e. The number of benzene rings is 1. The molecule has 1 aromatic carbocycles. The number of piperidine rings is 1. The molecule has 1 saturated heterocycles. The van der Waals surface area contributed by atoms with Crippen LogP contribution in [0.5, 0.6) is 0 Å². The van der Waals surface area contributed by atoms with Crippen molar-refractivity contribution in [2.75, 3.05) is 19.6 Å². The van der Waals surface area contributed by atoms with E-state index in [-0.39, 0.29) is 12.0 Å². The number of hydrogen-bond donors (Lipinski definition) is 1. The van der Waals surface area contributed by atoms with Crippen LogP contribution in [0.1, 0.15) is 38.2 Å². The highest BCUT2D eigenvalue weighted by Crippen LogP contribution is 2.35. The zero-order valence-electron chi connectivity index (χ0n) is 14.0. The van der Waals surface area contributed by atoms with Gasteiger partial charge in [0.15, 0.2) is 0 Å². The van der Waals surface area contributed by atoms with E-state index in [0.717, 1.165) is 25.9 Å². The van der Waals surface area contributed by atoms with Crippen LogP contribution in [0.3, 0.4) is 0 Å². The molecule has 126 valence electrons. The van der Waals surface area contributed by atoms with Gasteiger partial charge in [0.1, 0.15) is 0 Å². The number of nitrogens with zero attached hydrogens (tertiary/aromatic N) is 2. The first-order chi connectivity index (χ1) is 11.1. The number of hydrogen-bond acceptors (Lipinski definition) is 3. The molecule has 23 heavy (non-hydrogen) atoms. The van der Waals surface area contributed by atoms with Gasteiger partial charge in [-0.15, -0.1) is 0 Å². The number of aliphatic hydroxyl groups is 1. The molecule has 0 radical (unpaired) electrons. The van der Waals surface area contributed by atoms with E-state index < -0.39 is 0 Å². The predicted octanol–water partition coefficient (Wildman–Crippen LogP) is 2.27. The number of amides is 1. The summed E-state index contributed by atoms with van der Waals surface area (Å²) in [5.74, 6) is 0.899. The summed E-state index contributed by atoms with van der Waals surface area (Å²) in [6, 6.07) is 10.6. The molecule has 4 nitrogen and oxygen atoms in total. The van der Waals surface area contributed by atoms with E-state index in [4.69, 9.17) is 0 Å². The molecule has 1 aliphatic carbocycles. The quantitative estimate of drug-likeness (QED) is 0.875. The molecule has 0 aromatic heterocycles. The lowest BCUT2D eigenvalue weighted by Gasteiger charge is -2.34. The fourth-order valence-corrected chi connectivity index (χ4v) is 3.43. The molecular formula is C19H28N2O2. The van der Waals surface area contributed by atoms with Crippen LogP contribution in [0, 0.1) is 5.92 Å². The normalized spacial score (nSPS) is 21.1. The Morgan fingerprint density at radius 2 is 1.87 bits per heavy atom.